The smallest absolute Gasteiger partial charge is 0.219 e. The Hall–Kier alpha value is -1.39. The van der Waals surface area contributed by atoms with Gasteiger partial charge in [-0.2, -0.15) is 0 Å². The number of nitrogens with zero attached hydrogens (tertiary/aromatic N) is 1. The molecule has 0 aliphatic rings. The van der Waals surface area contributed by atoms with Gasteiger partial charge in [0.05, 0.1) is 6.61 Å². The van der Waals surface area contributed by atoms with Crippen molar-refractivity contribution in [1.29, 1.82) is 0 Å². The summed E-state index contributed by atoms with van der Waals surface area (Å²) in [5.41, 5.74) is 0.780. The fraction of sp³-hybridized carbons (Fsp3) is 0.0833. The van der Waals surface area contributed by atoms with Crippen LogP contribution in [0, 0.1) is 0 Å². The molecular formula is C12H10BrNO2. The van der Waals surface area contributed by atoms with Gasteiger partial charge in [0.25, 0.3) is 0 Å². The molecule has 0 atom stereocenters. The number of hydrogen-bond acceptors (Lipinski definition) is 3. The molecule has 0 spiro atoms. The summed E-state index contributed by atoms with van der Waals surface area (Å²) in [6, 6.07) is 10.9. The lowest BCUT2D eigenvalue weighted by Crippen LogP contribution is -1.90. The molecule has 0 aliphatic heterocycles. The molecular weight excluding hydrogens is 270 g/mol. The Balaban J connectivity index is 2.16. The van der Waals surface area contributed by atoms with Crippen molar-refractivity contribution in [1.82, 2.24) is 4.98 Å². The van der Waals surface area contributed by atoms with E-state index in [2.05, 4.69) is 20.9 Å². The van der Waals surface area contributed by atoms with Crippen molar-refractivity contribution in [2.45, 2.75) is 6.61 Å². The van der Waals surface area contributed by atoms with Crippen LogP contribution in [0.5, 0.6) is 11.6 Å². The SMILES string of the molecule is OCc1ccnc(Oc2ccc(Br)cc2)c1. The van der Waals surface area contributed by atoms with E-state index in [9.17, 15) is 0 Å². The van der Waals surface area contributed by atoms with Crippen molar-refractivity contribution in [3.05, 3.63) is 52.6 Å². The van der Waals surface area contributed by atoms with Gasteiger partial charge in [0.1, 0.15) is 5.75 Å². The van der Waals surface area contributed by atoms with Gasteiger partial charge >= 0.3 is 0 Å². The van der Waals surface area contributed by atoms with E-state index in [-0.39, 0.29) is 6.61 Å². The van der Waals surface area contributed by atoms with E-state index >= 15 is 0 Å². The zero-order valence-electron chi connectivity index (χ0n) is 8.43. The lowest BCUT2D eigenvalue weighted by atomic mass is 10.3. The molecule has 0 amide bonds. The largest absolute Gasteiger partial charge is 0.439 e. The van der Waals surface area contributed by atoms with E-state index in [0.717, 1.165) is 10.0 Å². The van der Waals surface area contributed by atoms with Gasteiger partial charge < -0.3 is 9.84 Å². The summed E-state index contributed by atoms with van der Waals surface area (Å²) in [6.07, 6.45) is 1.61. The first kappa shape index (κ1) is 11.1. The molecule has 0 aliphatic carbocycles. The highest BCUT2D eigenvalue weighted by Crippen LogP contribution is 2.22. The van der Waals surface area contributed by atoms with Crippen LogP contribution in [0.3, 0.4) is 0 Å². The molecule has 0 radical (unpaired) electrons. The van der Waals surface area contributed by atoms with E-state index in [1.807, 2.05) is 24.3 Å². The quantitative estimate of drug-likeness (QED) is 0.939. The highest BCUT2D eigenvalue weighted by atomic mass is 79.9. The summed E-state index contributed by atoms with van der Waals surface area (Å²) in [6.45, 7) is -0.0147. The molecule has 1 heterocycles. The van der Waals surface area contributed by atoms with Gasteiger partial charge in [-0.15, -0.1) is 0 Å². The predicted octanol–water partition coefficient (Wildman–Crippen LogP) is 3.13. The van der Waals surface area contributed by atoms with E-state index in [4.69, 9.17) is 9.84 Å². The van der Waals surface area contributed by atoms with Gasteiger partial charge in [-0.1, -0.05) is 15.9 Å². The molecule has 0 saturated heterocycles. The van der Waals surface area contributed by atoms with E-state index < -0.39 is 0 Å². The number of halogens is 1. The molecule has 0 fully saturated rings. The summed E-state index contributed by atoms with van der Waals surface area (Å²) < 4.78 is 6.53. The Kier molecular flexibility index (Phi) is 3.54. The van der Waals surface area contributed by atoms with Crippen molar-refractivity contribution in [3.8, 4) is 11.6 Å². The van der Waals surface area contributed by atoms with Gasteiger partial charge in [0.15, 0.2) is 0 Å². The van der Waals surface area contributed by atoms with Crippen molar-refractivity contribution in [2.75, 3.05) is 0 Å². The standard InChI is InChI=1S/C12H10BrNO2/c13-10-1-3-11(4-2-10)16-12-7-9(8-15)5-6-14-12/h1-7,15H,8H2. The number of aromatic nitrogens is 1. The van der Waals surface area contributed by atoms with E-state index in [1.54, 1.807) is 18.3 Å². The van der Waals surface area contributed by atoms with Crippen LogP contribution in [0.15, 0.2) is 47.1 Å². The average molecular weight is 280 g/mol. The maximum Gasteiger partial charge on any atom is 0.219 e. The Morgan fingerprint density at radius 2 is 1.94 bits per heavy atom. The highest BCUT2D eigenvalue weighted by Gasteiger charge is 1.99. The Morgan fingerprint density at radius 3 is 2.62 bits per heavy atom. The van der Waals surface area contributed by atoms with Crippen molar-refractivity contribution >= 4 is 15.9 Å². The fourth-order valence-electron chi connectivity index (χ4n) is 1.23. The minimum absolute atomic E-state index is 0.0147. The number of aliphatic hydroxyl groups is 1. The first-order valence-corrected chi connectivity index (χ1v) is 5.56. The topological polar surface area (TPSA) is 42.4 Å². The van der Waals surface area contributed by atoms with E-state index in [0.29, 0.717) is 11.6 Å². The van der Waals surface area contributed by atoms with Crippen molar-refractivity contribution in [2.24, 2.45) is 0 Å². The lowest BCUT2D eigenvalue weighted by molar-refractivity contribution is 0.281. The summed E-state index contributed by atoms with van der Waals surface area (Å²) in [7, 11) is 0. The number of benzene rings is 1. The highest BCUT2D eigenvalue weighted by molar-refractivity contribution is 9.10. The third-order valence-corrected chi connectivity index (χ3v) is 2.55. The second-order valence-corrected chi connectivity index (χ2v) is 4.13. The van der Waals surface area contributed by atoms with Crippen LogP contribution < -0.4 is 4.74 Å². The second kappa shape index (κ2) is 5.09. The minimum atomic E-state index is -0.0147. The molecule has 1 N–H and O–H groups in total. The Bertz CT molecular complexity index is 471. The molecule has 2 aromatic rings. The van der Waals surface area contributed by atoms with Crippen LogP contribution in [0.4, 0.5) is 0 Å². The molecule has 0 unspecified atom stereocenters. The zero-order chi connectivity index (χ0) is 11.4. The first-order valence-electron chi connectivity index (χ1n) is 4.77. The number of aliphatic hydroxyl groups excluding tert-OH is 1. The second-order valence-electron chi connectivity index (χ2n) is 3.22. The van der Waals surface area contributed by atoms with Crippen molar-refractivity contribution < 1.29 is 9.84 Å². The zero-order valence-corrected chi connectivity index (χ0v) is 10.0. The normalized spacial score (nSPS) is 10.1. The van der Waals surface area contributed by atoms with Crippen LogP contribution in [-0.2, 0) is 6.61 Å². The molecule has 82 valence electrons. The fourth-order valence-corrected chi connectivity index (χ4v) is 1.49. The van der Waals surface area contributed by atoms with Gasteiger partial charge in [0.2, 0.25) is 5.88 Å². The Morgan fingerprint density at radius 1 is 1.19 bits per heavy atom. The molecule has 4 heteroatoms. The van der Waals surface area contributed by atoms with Gasteiger partial charge in [-0.3, -0.25) is 0 Å². The molecule has 1 aromatic carbocycles. The number of hydrogen-bond donors (Lipinski definition) is 1. The number of rotatable bonds is 3. The molecule has 0 saturated carbocycles. The average Bonchev–Trinajstić information content (AvgIpc) is 2.32. The predicted molar refractivity (Wildman–Crippen MR) is 64.4 cm³/mol. The van der Waals surface area contributed by atoms with Crippen LogP contribution in [0.1, 0.15) is 5.56 Å². The third-order valence-electron chi connectivity index (χ3n) is 2.02. The first-order chi connectivity index (χ1) is 7.78. The molecule has 0 bridgehead atoms. The van der Waals surface area contributed by atoms with Crippen LogP contribution in [-0.4, -0.2) is 10.1 Å². The monoisotopic (exact) mass is 279 g/mol. The summed E-state index contributed by atoms with van der Waals surface area (Å²) >= 11 is 3.35. The summed E-state index contributed by atoms with van der Waals surface area (Å²) in [5.74, 6) is 1.19. The third kappa shape index (κ3) is 2.81. The minimum Gasteiger partial charge on any atom is -0.439 e. The maximum absolute atomic E-state index is 8.97. The van der Waals surface area contributed by atoms with Gasteiger partial charge in [-0.05, 0) is 35.9 Å². The van der Waals surface area contributed by atoms with Crippen LogP contribution >= 0.6 is 15.9 Å². The molecule has 16 heavy (non-hydrogen) atoms. The van der Waals surface area contributed by atoms with Gasteiger partial charge in [0, 0.05) is 16.7 Å². The number of ether oxygens (including phenoxy) is 1. The Labute approximate surface area is 102 Å². The van der Waals surface area contributed by atoms with Crippen LogP contribution in [0.2, 0.25) is 0 Å². The summed E-state index contributed by atoms with van der Waals surface area (Å²) in [5, 5.41) is 8.97. The van der Waals surface area contributed by atoms with Crippen molar-refractivity contribution in [3.63, 3.8) is 0 Å². The number of pyridine rings is 1. The van der Waals surface area contributed by atoms with E-state index in [1.165, 1.54) is 0 Å². The summed E-state index contributed by atoms with van der Waals surface area (Å²) in [4.78, 5) is 4.06. The molecule has 2 rings (SSSR count). The maximum atomic E-state index is 8.97. The van der Waals surface area contributed by atoms with Crippen LogP contribution in [0.25, 0.3) is 0 Å². The molecule has 3 nitrogen and oxygen atoms in total. The van der Waals surface area contributed by atoms with Gasteiger partial charge in [-0.25, -0.2) is 4.98 Å². The molecule has 1 aromatic heterocycles. The lowest BCUT2D eigenvalue weighted by Gasteiger charge is -2.05.